The van der Waals surface area contributed by atoms with E-state index in [9.17, 15) is 0 Å². The molecule has 1 aromatic rings. The van der Waals surface area contributed by atoms with Gasteiger partial charge in [0.25, 0.3) is 0 Å². The SMILES string of the molecule is CCOC1CC(NCCc2cnc[nH]2)C1(C)C. The van der Waals surface area contributed by atoms with Crippen LogP contribution >= 0.6 is 0 Å². The molecule has 2 unspecified atom stereocenters. The molecule has 0 spiro atoms. The maximum absolute atomic E-state index is 5.72. The predicted molar refractivity (Wildman–Crippen MR) is 67.9 cm³/mol. The fourth-order valence-corrected chi connectivity index (χ4v) is 2.52. The lowest BCUT2D eigenvalue weighted by atomic mass is 9.64. The van der Waals surface area contributed by atoms with Crippen molar-refractivity contribution in [2.24, 2.45) is 5.41 Å². The molecule has 1 heterocycles. The fraction of sp³-hybridized carbons (Fsp3) is 0.769. The summed E-state index contributed by atoms with van der Waals surface area (Å²) in [6.07, 6.45) is 6.16. The molecule has 4 heteroatoms. The zero-order chi connectivity index (χ0) is 12.3. The van der Waals surface area contributed by atoms with E-state index in [0.29, 0.717) is 12.1 Å². The average Bonchev–Trinajstić information content (AvgIpc) is 2.80. The standard InChI is InChI=1S/C13H23N3O/c1-4-17-12-7-11(13(12,2)3)15-6-5-10-8-14-9-16-10/h8-9,11-12,15H,4-7H2,1-3H3,(H,14,16). The van der Waals surface area contributed by atoms with Crippen LogP contribution in [0, 0.1) is 5.41 Å². The van der Waals surface area contributed by atoms with Gasteiger partial charge in [-0.1, -0.05) is 13.8 Å². The number of hydrogen-bond donors (Lipinski definition) is 2. The van der Waals surface area contributed by atoms with E-state index in [0.717, 1.165) is 26.0 Å². The molecule has 0 aliphatic heterocycles. The van der Waals surface area contributed by atoms with Crippen molar-refractivity contribution >= 4 is 0 Å². The van der Waals surface area contributed by atoms with Crippen molar-refractivity contribution in [1.82, 2.24) is 15.3 Å². The van der Waals surface area contributed by atoms with Crippen LogP contribution in [0.1, 0.15) is 32.9 Å². The molecule has 1 fully saturated rings. The van der Waals surface area contributed by atoms with Crippen LogP contribution in [0.15, 0.2) is 12.5 Å². The normalized spacial score (nSPS) is 26.8. The van der Waals surface area contributed by atoms with Gasteiger partial charge in [-0.05, 0) is 13.3 Å². The van der Waals surface area contributed by atoms with Crippen molar-refractivity contribution in [2.45, 2.75) is 45.8 Å². The van der Waals surface area contributed by atoms with Crippen LogP contribution in [0.3, 0.4) is 0 Å². The Balaban J connectivity index is 1.71. The topological polar surface area (TPSA) is 49.9 Å². The summed E-state index contributed by atoms with van der Waals surface area (Å²) in [5.41, 5.74) is 1.44. The van der Waals surface area contributed by atoms with E-state index in [2.05, 4.69) is 36.1 Å². The molecule has 0 aromatic carbocycles. The van der Waals surface area contributed by atoms with Crippen LogP contribution < -0.4 is 5.32 Å². The molecule has 2 atom stereocenters. The Hall–Kier alpha value is -0.870. The number of aromatic amines is 1. The summed E-state index contributed by atoms with van der Waals surface area (Å²) in [5, 5.41) is 3.61. The number of nitrogens with one attached hydrogen (secondary N) is 2. The highest BCUT2D eigenvalue weighted by atomic mass is 16.5. The number of aromatic nitrogens is 2. The second kappa shape index (κ2) is 5.19. The van der Waals surface area contributed by atoms with Crippen molar-refractivity contribution in [3.05, 3.63) is 18.2 Å². The first-order chi connectivity index (χ1) is 8.14. The van der Waals surface area contributed by atoms with Gasteiger partial charge in [0.15, 0.2) is 0 Å². The molecule has 1 aromatic heterocycles. The van der Waals surface area contributed by atoms with Crippen molar-refractivity contribution < 1.29 is 4.74 Å². The summed E-state index contributed by atoms with van der Waals surface area (Å²) < 4.78 is 5.72. The molecule has 1 saturated carbocycles. The van der Waals surface area contributed by atoms with Gasteiger partial charge in [-0.2, -0.15) is 0 Å². The van der Waals surface area contributed by atoms with Crippen molar-refractivity contribution in [1.29, 1.82) is 0 Å². The molecule has 2 N–H and O–H groups in total. The van der Waals surface area contributed by atoms with Gasteiger partial charge in [0.05, 0.1) is 12.4 Å². The Bertz CT molecular complexity index is 334. The third-order valence-corrected chi connectivity index (χ3v) is 3.89. The molecule has 0 bridgehead atoms. The van der Waals surface area contributed by atoms with E-state index in [1.807, 2.05) is 6.20 Å². The largest absolute Gasteiger partial charge is 0.378 e. The van der Waals surface area contributed by atoms with Crippen LogP contribution in [0.5, 0.6) is 0 Å². The van der Waals surface area contributed by atoms with Crippen molar-refractivity contribution in [2.75, 3.05) is 13.2 Å². The van der Waals surface area contributed by atoms with Crippen LogP contribution in [0.2, 0.25) is 0 Å². The van der Waals surface area contributed by atoms with Gasteiger partial charge in [0.2, 0.25) is 0 Å². The maximum atomic E-state index is 5.72. The summed E-state index contributed by atoms with van der Waals surface area (Å²) in [5.74, 6) is 0. The highest BCUT2D eigenvalue weighted by Crippen LogP contribution is 2.42. The van der Waals surface area contributed by atoms with E-state index in [1.54, 1.807) is 6.33 Å². The smallest absolute Gasteiger partial charge is 0.0921 e. The van der Waals surface area contributed by atoms with E-state index in [4.69, 9.17) is 4.74 Å². The Kier molecular flexibility index (Phi) is 3.84. The first kappa shape index (κ1) is 12.6. The van der Waals surface area contributed by atoms with Crippen LogP contribution in [0.4, 0.5) is 0 Å². The van der Waals surface area contributed by atoms with Crippen molar-refractivity contribution in [3.63, 3.8) is 0 Å². The molecule has 1 aliphatic rings. The number of rotatable bonds is 6. The number of imidazole rings is 1. The van der Waals surface area contributed by atoms with Gasteiger partial charge in [-0.3, -0.25) is 0 Å². The molecule has 0 radical (unpaired) electrons. The molecule has 0 amide bonds. The number of hydrogen-bond acceptors (Lipinski definition) is 3. The van der Waals surface area contributed by atoms with Gasteiger partial charge in [0.1, 0.15) is 0 Å². The Labute approximate surface area is 103 Å². The molecular formula is C13H23N3O. The monoisotopic (exact) mass is 237 g/mol. The maximum Gasteiger partial charge on any atom is 0.0921 e. The Morgan fingerprint density at radius 1 is 1.59 bits per heavy atom. The van der Waals surface area contributed by atoms with Crippen LogP contribution in [0.25, 0.3) is 0 Å². The minimum absolute atomic E-state index is 0.254. The lowest BCUT2D eigenvalue weighted by Gasteiger charge is -2.52. The summed E-state index contributed by atoms with van der Waals surface area (Å²) in [7, 11) is 0. The molecule has 96 valence electrons. The summed E-state index contributed by atoms with van der Waals surface area (Å²) in [6, 6.07) is 0.571. The molecule has 1 aliphatic carbocycles. The van der Waals surface area contributed by atoms with Gasteiger partial charge < -0.3 is 15.0 Å². The first-order valence-electron chi connectivity index (χ1n) is 6.46. The Morgan fingerprint density at radius 3 is 3.00 bits per heavy atom. The first-order valence-corrected chi connectivity index (χ1v) is 6.46. The minimum Gasteiger partial charge on any atom is -0.378 e. The summed E-state index contributed by atoms with van der Waals surface area (Å²) in [6.45, 7) is 8.44. The Morgan fingerprint density at radius 2 is 2.41 bits per heavy atom. The molecule has 17 heavy (non-hydrogen) atoms. The number of H-pyrrole nitrogens is 1. The molecule has 4 nitrogen and oxygen atoms in total. The fourth-order valence-electron chi connectivity index (χ4n) is 2.52. The van der Waals surface area contributed by atoms with Gasteiger partial charge in [-0.15, -0.1) is 0 Å². The van der Waals surface area contributed by atoms with Gasteiger partial charge in [0, 0.05) is 42.9 Å². The summed E-state index contributed by atoms with van der Waals surface area (Å²) >= 11 is 0. The zero-order valence-corrected chi connectivity index (χ0v) is 11.0. The second-order valence-electron chi connectivity index (χ2n) is 5.33. The van der Waals surface area contributed by atoms with Crippen LogP contribution in [-0.2, 0) is 11.2 Å². The van der Waals surface area contributed by atoms with E-state index in [1.165, 1.54) is 5.69 Å². The second-order valence-corrected chi connectivity index (χ2v) is 5.33. The van der Waals surface area contributed by atoms with Gasteiger partial charge in [-0.25, -0.2) is 4.98 Å². The molecule has 2 rings (SSSR count). The lowest BCUT2D eigenvalue weighted by molar-refractivity contribution is -0.113. The van der Waals surface area contributed by atoms with E-state index < -0.39 is 0 Å². The van der Waals surface area contributed by atoms with E-state index in [-0.39, 0.29) is 5.41 Å². The lowest BCUT2D eigenvalue weighted by Crippen LogP contribution is -2.61. The highest BCUT2D eigenvalue weighted by molar-refractivity contribution is 5.03. The van der Waals surface area contributed by atoms with E-state index >= 15 is 0 Å². The minimum atomic E-state index is 0.254. The highest BCUT2D eigenvalue weighted by Gasteiger charge is 2.48. The molecular weight excluding hydrogens is 214 g/mol. The third-order valence-electron chi connectivity index (χ3n) is 3.89. The average molecular weight is 237 g/mol. The third kappa shape index (κ3) is 2.69. The predicted octanol–water partition coefficient (Wildman–Crippen LogP) is 1.75. The number of nitrogens with zero attached hydrogens (tertiary/aromatic N) is 1. The molecule has 0 saturated heterocycles. The summed E-state index contributed by atoms with van der Waals surface area (Å²) in [4.78, 5) is 7.14. The van der Waals surface area contributed by atoms with Crippen molar-refractivity contribution in [3.8, 4) is 0 Å². The quantitative estimate of drug-likeness (QED) is 0.792. The zero-order valence-electron chi connectivity index (χ0n) is 11.0. The number of ether oxygens (including phenoxy) is 1. The van der Waals surface area contributed by atoms with Crippen LogP contribution in [-0.4, -0.2) is 35.3 Å². The van der Waals surface area contributed by atoms with Gasteiger partial charge >= 0.3 is 0 Å².